The molecule has 0 spiro atoms. The third-order valence-corrected chi connectivity index (χ3v) is 6.53. The SMILES string of the molecule is C[C@@H]1C(=O)Nc2ccc(C(=O)CSc3nnc(NCc4ccccc4)s3)cc21. The number of carbonyl (C=O) groups is 2. The lowest BCUT2D eigenvalue weighted by Gasteiger charge is -2.05. The van der Waals surface area contributed by atoms with Gasteiger partial charge in [0.15, 0.2) is 10.1 Å². The second-order valence-electron chi connectivity index (χ2n) is 6.44. The number of aromatic nitrogens is 2. The lowest BCUT2D eigenvalue weighted by Crippen LogP contribution is -2.08. The predicted molar refractivity (Wildman–Crippen MR) is 112 cm³/mol. The average molecular weight is 411 g/mol. The minimum Gasteiger partial charge on any atom is -0.356 e. The van der Waals surface area contributed by atoms with Crippen LogP contribution in [0, 0.1) is 0 Å². The van der Waals surface area contributed by atoms with E-state index in [0.29, 0.717) is 12.1 Å². The number of benzene rings is 2. The van der Waals surface area contributed by atoms with Crippen molar-refractivity contribution < 1.29 is 9.59 Å². The second kappa shape index (κ2) is 8.12. The minimum atomic E-state index is -0.225. The predicted octanol–water partition coefficient (Wildman–Crippen LogP) is 4.18. The number of hydrogen-bond donors (Lipinski definition) is 2. The van der Waals surface area contributed by atoms with Crippen LogP contribution >= 0.6 is 23.1 Å². The summed E-state index contributed by atoms with van der Waals surface area (Å²) < 4.78 is 0.746. The van der Waals surface area contributed by atoms with Gasteiger partial charge in [-0.3, -0.25) is 9.59 Å². The number of carbonyl (C=O) groups excluding carboxylic acids is 2. The molecular weight excluding hydrogens is 392 g/mol. The fourth-order valence-corrected chi connectivity index (χ4v) is 4.56. The zero-order chi connectivity index (χ0) is 19.5. The Morgan fingerprint density at radius 2 is 2.04 bits per heavy atom. The standard InChI is InChI=1S/C20H18N4O2S2/c1-12-15-9-14(7-8-16(15)22-18(12)26)17(25)11-27-20-24-23-19(28-20)21-10-13-5-3-2-4-6-13/h2-9,12H,10-11H2,1H3,(H,21,23)(H,22,26)/t12-/m0/s1. The van der Waals surface area contributed by atoms with E-state index in [4.69, 9.17) is 0 Å². The second-order valence-corrected chi connectivity index (χ2v) is 8.64. The van der Waals surface area contributed by atoms with Crippen LogP contribution in [-0.2, 0) is 11.3 Å². The summed E-state index contributed by atoms with van der Waals surface area (Å²) >= 11 is 2.81. The largest absolute Gasteiger partial charge is 0.356 e. The molecule has 142 valence electrons. The van der Waals surface area contributed by atoms with E-state index in [1.54, 1.807) is 12.1 Å². The first-order chi connectivity index (χ1) is 13.6. The summed E-state index contributed by atoms with van der Waals surface area (Å²) in [6, 6.07) is 15.4. The first-order valence-corrected chi connectivity index (χ1v) is 10.6. The maximum absolute atomic E-state index is 12.5. The molecule has 2 aromatic carbocycles. The van der Waals surface area contributed by atoms with E-state index in [1.165, 1.54) is 28.7 Å². The molecule has 0 radical (unpaired) electrons. The molecule has 1 aromatic heterocycles. The molecule has 0 bridgehead atoms. The van der Waals surface area contributed by atoms with Gasteiger partial charge < -0.3 is 10.6 Å². The maximum atomic E-state index is 12.5. The average Bonchev–Trinajstić information content (AvgIpc) is 3.29. The minimum absolute atomic E-state index is 0.00773. The molecule has 2 N–H and O–H groups in total. The van der Waals surface area contributed by atoms with Gasteiger partial charge in [0.25, 0.3) is 0 Å². The molecule has 2 heterocycles. The van der Waals surface area contributed by atoms with Gasteiger partial charge in [-0.25, -0.2) is 0 Å². The molecule has 1 aliphatic rings. The summed E-state index contributed by atoms with van der Waals surface area (Å²) in [5, 5.41) is 15.1. The highest BCUT2D eigenvalue weighted by molar-refractivity contribution is 8.01. The molecule has 6 nitrogen and oxygen atoms in total. The van der Waals surface area contributed by atoms with Gasteiger partial charge in [-0.15, -0.1) is 10.2 Å². The third-order valence-electron chi connectivity index (χ3n) is 4.51. The van der Waals surface area contributed by atoms with Crippen LogP contribution in [0.2, 0.25) is 0 Å². The highest BCUT2D eigenvalue weighted by Gasteiger charge is 2.27. The number of rotatable bonds is 7. The Morgan fingerprint density at radius 3 is 2.86 bits per heavy atom. The number of Topliss-reactive ketones (excluding diaryl/α,β-unsaturated/α-hetero) is 1. The van der Waals surface area contributed by atoms with Crippen LogP contribution in [0.25, 0.3) is 0 Å². The Labute approximate surface area is 170 Å². The number of anilines is 2. The molecule has 1 amide bonds. The molecule has 0 fully saturated rings. The molecular formula is C20H18N4O2S2. The van der Waals surface area contributed by atoms with Gasteiger partial charge >= 0.3 is 0 Å². The zero-order valence-corrected chi connectivity index (χ0v) is 16.8. The Bertz CT molecular complexity index is 1020. The van der Waals surface area contributed by atoms with Crippen molar-refractivity contribution in [2.24, 2.45) is 0 Å². The van der Waals surface area contributed by atoms with Gasteiger partial charge in [0.05, 0.1) is 11.7 Å². The Hall–Kier alpha value is -2.71. The van der Waals surface area contributed by atoms with Crippen molar-refractivity contribution in [3.05, 3.63) is 65.2 Å². The van der Waals surface area contributed by atoms with E-state index in [0.717, 1.165) is 20.7 Å². The molecule has 1 aliphatic heterocycles. The van der Waals surface area contributed by atoms with E-state index >= 15 is 0 Å². The number of ketones is 1. The zero-order valence-electron chi connectivity index (χ0n) is 15.1. The molecule has 0 aliphatic carbocycles. The van der Waals surface area contributed by atoms with Crippen LogP contribution in [-0.4, -0.2) is 27.6 Å². The summed E-state index contributed by atoms with van der Waals surface area (Å²) in [5.41, 5.74) is 3.45. The number of fused-ring (bicyclic) bond motifs is 1. The van der Waals surface area contributed by atoms with Crippen molar-refractivity contribution in [1.82, 2.24) is 10.2 Å². The highest BCUT2D eigenvalue weighted by atomic mass is 32.2. The van der Waals surface area contributed by atoms with Crippen molar-refractivity contribution in [1.29, 1.82) is 0 Å². The smallest absolute Gasteiger partial charge is 0.231 e. The van der Waals surface area contributed by atoms with Crippen LogP contribution in [0.1, 0.15) is 34.3 Å². The summed E-state index contributed by atoms with van der Waals surface area (Å²) in [5.74, 6) is 0.0329. The van der Waals surface area contributed by atoms with Crippen LogP contribution in [0.4, 0.5) is 10.8 Å². The maximum Gasteiger partial charge on any atom is 0.231 e. The van der Waals surface area contributed by atoms with Crippen LogP contribution in [0.5, 0.6) is 0 Å². The van der Waals surface area contributed by atoms with Crippen LogP contribution < -0.4 is 10.6 Å². The highest BCUT2D eigenvalue weighted by Crippen LogP contribution is 2.33. The van der Waals surface area contributed by atoms with Gasteiger partial charge in [-0.2, -0.15) is 0 Å². The molecule has 0 unspecified atom stereocenters. The molecule has 1 atom stereocenters. The van der Waals surface area contributed by atoms with E-state index in [9.17, 15) is 9.59 Å². The van der Waals surface area contributed by atoms with Crippen molar-refractivity contribution in [3.8, 4) is 0 Å². The number of hydrogen-bond acceptors (Lipinski definition) is 7. The molecule has 4 rings (SSSR count). The number of nitrogens with zero attached hydrogens (tertiary/aromatic N) is 2. The van der Waals surface area contributed by atoms with Crippen molar-refractivity contribution in [3.63, 3.8) is 0 Å². The van der Waals surface area contributed by atoms with Crippen molar-refractivity contribution >= 4 is 45.6 Å². The molecule has 0 saturated heterocycles. The van der Waals surface area contributed by atoms with E-state index in [1.807, 2.05) is 43.3 Å². The molecule has 8 heteroatoms. The summed E-state index contributed by atoms with van der Waals surface area (Å²) in [7, 11) is 0. The lowest BCUT2D eigenvalue weighted by molar-refractivity contribution is -0.116. The number of nitrogens with one attached hydrogen (secondary N) is 2. The normalized spacial score (nSPS) is 15.2. The first-order valence-electron chi connectivity index (χ1n) is 8.82. The van der Waals surface area contributed by atoms with Crippen LogP contribution in [0.3, 0.4) is 0 Å². The first kappa shape index (κ1) is 18.6. The molecule has 0 saturated carbocycles. The van der Waals surface area contributed by atoms with E-state index in [2.05, 4.69) is 20.8 Å². The lowest BCUT2D eigenvalue weighted by atomic mass is 9.99. The molecule has 28 heavy (non-hydrogen) atoms. The summed E-state index contributed by atoms with van der Waals surface area (Å²) in [6.45, 7) is 2.52. The Morgan fingerprint density at radius 1 is 1.21 bits per heavy atom. The monoisotopic (exact) mass is 410 g/mol. The fraction of sp³-hybridized carbons (Fsp3) is 0.200. The van der Waals surface area contributed by atoms with Gasteiger partial charge in [-0.1, -0.05) is 53.4 Å². The van der Waals surface area contributed by atoms with Gasteiger partial charge in [0, 0.05) is 17.8 Å². The Kier molecular flexibility index (Phi) is 5.40. The van der Waals surface area contributed by atoms with E-state index < -0.39 is 0 Å². The quantitative estimate of drug-likeness (QED) is 0.449. The van der Waals surface area contributed by atoms with Gasteiger partial charge in [0.1, 0.15) is 0 Å². The van der Waals surface area contributed by atoms with Crippen molar-refractivity contribution in [2.45, 2.75) is 23.7 Å². The summed E-state index contributed by atoms with van der Waals surface area (Å²) in [4.78, 5) is 24.3. The number of thioether (sulfide) groups is 1. The molecule has 3 aromatic rings. The third kappa shape index (κ3) is 4.07. The number of amides is 1. The van der Waals surface area contributed by atoms with Gasteiger partial charge in [0.2, 0.25) is 11.0 Å². The summed E-state index contributed by atoms with van der Waals surface area (Å²) in [6.07, 6.45) is 0. The van der Waals surface area contributed by atoms with E-state index in [-0.39, 0.29) is 23.4 Å². The van der Waals surface area contributed by atoms with Crippen molar-refractivity contribution in [2.75, 3.05) is 16.4 Å². The van der Waals surface area contributed by atoms with Gasteiger partial charge in [-0.05, 0) is 36.2 Å². The topological polar surface area (TPSA) is 84.0 Å². The van der Waals surface area contributed by atoms with Crippen LogP contribution in [0.15, 0.2) is 52.9 Å². The Balaban J connectivity index is 1.33. The fourth-order valence-electron chi connectivity index (χ4n) is 2.91.